The second-order valence-corrected chi connectivity index (χ2v) is 9.91. The molecule has 2 atom stereocenters. The van der Waals surface area contributed by atoms with Gasteiger partial charge in [0.05, 0.1) is 18.8 Å². The summed E-state index contributed by atoms with van der Waals surface area (Å²) in [4.78, 5) is 33.3. The molecule has 0 saturated carbocycles. The maximum Gasteiger partial charge on any atom is 0.410 e. The molecule has 0 radical (unpaired) electrons. The predicted octanol–water partition coefficient (Wildman–Crippen LogP) is 3.55. The van der Waals surface area contributed by atoms with Gasteiger partial charge in [-0.3, -0.25) is 4.90 Å². The second-order valence-electron chi connectivity index (χ2n) is 9.91. The van der Waals surface area contributed by atoms with Gasteiger partial charge in [0.2, 0.25) is 0 Å². The Morgan fingerprint density at radius 1 is 1.06 bits per heavy atom. The van der Waals surface area contributed by atoms with Gasteiger partial charge < -0.3 is 24.2 Å². The molecule has 0 aromatic heterocycles. The number of ether oxygens (including phenoxy) is 2. The highest BCUT2D eigenvalue weighted by molar-refractivity contribution is 5.95. The first-order valence-electron chi connectivity index (χ1n) is 11.8. The Bertz CT molecular complexity index is 820. The third kappa shape index (κ3) is 4.95. The van der Waals surface area contributed by atoms with Gasteiger partial charge >= 0.3 is 12.1 Å². The highest BCUT2D eigenvalue weighted by atomic mass is 16.6. The molecule has 3 aliphatic rings. The van der Waals surface area contributed by atoms with Gasteiger partial charge in [0.15, 0.2) is 0 Å². The molecule has 3 fully saturated rings. The van der Waals surface area contributed by atoms with Crippen molar-refractivity contribution in [2.75, 3.05) is 55.7 Å². The fourth-order valence-electron chi connectivity index (χ4n) is 4.71. The lowest BCUT2D eigenvalue weighted by molar-refractivity contribution is 0.0128. The molecule has 3 heterocycles. The van der Waals surface area contributed by atoms with Crippen molar-refractivity contribution < 1.29 is 19.1 Å². The van der Waals surface area contributed by atoms with E-state index < -0.39 is 5.60 Å². The van der Waals surface area contributed by atoms with Crippen molar-refractivity contribution in [3.05, 3.63) is 24.3 Å². The molecule has 4 rings (SSSR count). The van der Waals surface area contributed by atoms with E-state index >= 15 is 0 Å². The summed E-state index contributed by atoms with van der Waals surface area (Å²) in [6.45, 7) is 12.4. The van der Waals surface area contributed by atoms with Crippen molar-refractivity contribution in [1.82, 2.24) is 9.80 Å². The molecule has 0 unspecified atom stereocenters. The summed E-state index contributed by atoms with van der Waals surface area (Å²) in [5, 5.41) is 0. The highest BCUT2D eigenvalue weighted by Gasteiger charge is 2.42. The number of hydrogen-bond donors (Lipinski definition) is 0. The Hall–Kier alpha value is -2.48. The lowest BCUT2D eigenvalue weighted by Gasteiger charge is -2.36. The molecular formula is C24H36N4O4. The minimum absolute atomic E-state index is 0.0148. The number of anilines is 2. The monoisotopic (exact) mass is 444 g/mol. The van der Waals surface area contributed by atoms with Crippen LogP contribution in [-0.4, -0.2) is 85.5 Å². The molecule has 3 aliphatic heterocycles. The zero-order valence-corrected chi connectivity index (χ0v) is 19.7. The minimum atomic E-state index is -0.523. The van der Waals surface area contributed by atoms with Crippen LogP contribution in [0.25, 0.3) is 0 Å². The first-order valence-corrected chi connectivity index (χ1v) is 11.8. The standard InChI is InChI=1S/C24H36N4O4/c1-5-6-21-17-25(13-14-31-21)18-7-9-19(10-8-18)28-16-20-15-26(11-12-27(20)22(28)29)23(30)32-24(2,3)4/h7-10,20-21H,5-6,11-17H2,1-4H3/t20-,21+/m0/s1. The van der Waals surface area contributed by atoms with Crippen LogP contribution in [-0.2, 0) is 9.47 Å². The average molecular weight is 445 g/mol. The fourth-order valence-corrected chi connectivity index (χ4v) is 4.71. The number of piperazine rings is 1. The fraction of sp³-hybridized carbons (Fsp3) is 0.667. The van der Waals surface area contributed by atoms with Crippen molar-refractivity contribution in [2.45, 2.75) is 58.3 Å². The number of benzene rings is 1. The van der Waals surface area contributed by atoms with Crippen LogP contribution in [0.3, 0.4) is 0 Å². The van der Waals surface area contributed by atoms with Crippen LogP contribution in [0.2, 0.25) is 0 Å². The average Bonchev–Trinajstić information content (AvgIpc) is 3.09. The Labute approximate surface area is 191 Å². The van der Waals surface area contributed by atoms with Gasteiger partial charge in [-0.25, -0.2) is 9.59 Å². The molecule has 0 bridgehead atoms. The molecule has 0 N–H and O–H groups in total. The van der Waals surface area contributed by atoms with Gasteiger partial charge in [0.1, 0.15) is 5.60 Å². The van der Waals surface area contributed by atoms with Crippen LogP contribution < -0.4 is 9.80 Å². The van der Waals surface area contributed by atoms with Gasteiger partial charge in [-0.15, -0.1) is 0 Å². The van der Waals surface area contributed by atoms with Crippen LogP contribution in [0.15, 0.2) is 24.3 Å². The van der Waals surface area contributed by atoms with Crippen LogP contribution in [0.1, 0.15) is 40.5 Å². The topological polar surface area (TPSA) is 65.6 Å². The lowest BCUT2D eigenvalue weighted by Crippen LogP contribution is -2.54. The summed E-state index contributed by atoms with van der Waals surface area (Å²) in [6.07, 6.45) is 2.18. The highest BCUT2D eigenvalue weighted by Crippen LogP contribution is 2.29. The smallest absolute Gasteiger partial charge is 0.410 e. The molecule has 176 valence electrons. The maximum absolute atomic E-state index is 13.0. The van der Waals surface area contributed by atoms with Gasteiger partial charge in [0.25, 0.3) is 0 Å². The van der Waals surface area contributed by atoms with Crippen molar-refractivity contribution in [3.63, 3.8) is 0 Å². The largest absolute Gasteiger partial charge is 0.444 e. The first kappa shape index (κ1) is 22.7. The molecule has 8 heteroatoms. The summed E-state index contributed by atoms with van der Waals surface area (Å²) >= 11 is 0. The zero-order chi connectivity index (χ0) is 22.9. The molecule has 1 aromatic carbocycles. The van der Waals surface area contributed by atoms with Gasteiger partial charge in [0, 0.05) is 50.6 Å². The summed E-state index contributed by atoms with van der Waals surface area (Å²) < 4.78 is 11.4. The second kappa shape index (κ2) is 9.17. The van der Waals surface area contributed by atoms with Crippen LogP contribution in [0, 0.1) is 0 Å². The van der Waals surface area contributed by atoms with E-state index in [4.69, 9.17) is 9.47 Å². The van der Waals surface area contributed by atoms with E-state index in [1.54, 1.807) is 4.90 Å². The van der Waals surface area contributed by atoms with Gasteiger partial charge in [-0.2, -0.15) is 0 Å². The van der Waals surface area contributed by atoms with Crippen LogP contribution in [0.5, 0.6) is 0 Å². The van der Waals surface area contributed by atoms with E-state index in [2.05, 4.69) is 24.0 Å². The number of nitrogens with zero attached hydrogens (tertiary/aromatic N) is 4. The lowest BCUT2D eigenvalue weighted by atomic mass is 10.1. The van der Waals surface area contributed by atoms with E-state index in [1.807, 2.05) is 42.7 Å². The number of urea groups is 1. The molecule has 3 saturated heterocycles. The quantitative estimate of drug-likeness (QED) is 0.711. The Kier molecular flexibility index (Phi) is 6.51. The molecule has 8 nitrogen and oxygen atoms in total. The normalized spacial score (nSPS) is 24.1. The molecule has 0 aliphatic carbocycles. The van der Waals surface area contributed by atoms with Crippen molar-refractivity contribution >= 4 is 23.5 Å². The number of morpholine rings is 1. The summed E-state index contributed by atoms with van der Waals surface area (Å²) in [7, 11) is 0. The molecule has 32 heavy (non-hydrogen) atoms. The zero-order valence-electron chi connectivity index (χ0n) is 19.7. The van der Waals surface area contributed by atoms with E-state index in [0.717, 1.165) is 38.2 Å². The number of amides is 3. The Balaban J connectivity index is 1.39. The minimum Gasteiger partial charge on any atom is -0.444 e. The van der Waals surface area contributed by atoms with Crippen molar-refractivity contribution in [3.8, 4) is 0 Å². The van der Waals surface area contributed by atoms with Crippen molar-refractivity contribution in [2.24, 2.45) is 0 Å². The van der Waals surface area contributed by atoms with Crippen molar-refractivity contribution in [1.29, 1.82) is 0 Å². The number of rotatable bonds is 4. The van der Waals surface area contributed by atoms with Gasteiger partial charge in [-0.1, -0.05) is 13.3 Å². The SMILES string of the molecule is CCC[C@@H]1CN(c2ccc(N3C[C@@H]4CN(C(=O)OC(C)(C)C)CCN4C3=O)cc2)CCO1. The molecule has 1 aromatic rings. The Morgan fingerprint density at radius 3 is 2.47 bits per heavy atom. The first-order chi connectivity index (χ1) is 15.2. The molecular weight excluding hydrogens is 408 g/mol. The number of hydrogen-bond acceptors (Lipinski definition) is 5. The summed E-state index contributed by atoms with van der Waals surface area (Å²) in [5.74, 6) is 0. The van der Waals surface area contributed by atoms with Crippen LogP contribution in [0.4, 0.5) is 21.0 Å². The Morgan fingerprint density at radius 2 is 1.78 bits per heavy atom. The third-order valence-electron chi connectivity index (χ3n) is 6.28. The number of fused-ring (bicyclic) bond motifs is 1. The maximum atomic E-state index is 13.0. The van der Waals surface area contributed by atoms with E-state index in [-0.39, 0.29) is 24.3 Å². The van der Waals surface area contributed by atoms with E-state index in [1.165, 1.54) is 5.69 Å². The van der Waals surface area contributed by atoms with E-state index in [0.29, 0.717) is 26.2 Å². The third-order valence-corrected chi connectivity index (χ3v) is 6.28. The number of carbonyl (C=O) groups excluding carboxylic acids is 2. The molecule has 3 amide bonds. The van der Waals surface area contributed by atoms with Gasteiger partial charge in [-0.05, 0) is 51.5 Å². The van der Waals surface area contributed by atoms with Crippen LogP contribution >= 0.6 is 0 Å². The summed E-state index contributed by atoms with van der Waals surface area (Å²) in [5.41, 5.74) is 1.54. The van der Waals surface area contributed by atoms with E-state index in [9.17, 15) is 9.59 Å². The number of carbonyl (C=O) groups is 2. The predicted molar refractivity (Wildman–Crippen MR) is 124 cm³/mol. The molecule has 0 spiro atoms. The summed E-state index contributed by atoms with van der Waals surface area (Å²) in [6, 6.07) is 8.25.